The number of benzene rings is 1. The van der Waals surface area contributed by atoms with Crippen molar-refractivity contribution in [2.75, 3.05) is 0 Å². The summed E-state index contributed by atoms with van der Waals surface area (Å²) in [6, 6.07) is 10.1. The molecule has 0 fully saturated rings. The molecule has 0 saturated carbocycles. The quantitative estimate of drug-likeness (QED) is 0.720. The second kappa shape index (κ2) is 4.48. The number of nitriles is 1. The van der Waals surface area contributed by atoms with E-state index < -0.39 is 0 Å². The van der Waals surface area contributed by atoms with Crippen molar-refractivity contribution < 1.29 is 0 Å². The first-order chi connectivity index (χ1) is 8.13. The van der Waals surface area contributed by atoms with E-state index in [-0.39, 0.29) is 0 Å². The number of aromatic nitrogens is 2. The fourth-order valence-electron chi connectivity index (χ4n) is 1.64. The topological polar surface area (TPSA) is 41.6 Å². The van der Waals surface area contributed by atoms with E-state index >= 15 is 0 Å². The minimum atomic E-state index is 0.463. The maximum Gasteiger partial charge on any atom is 0.204 e. The first-order valence-corrected chi connectivity index (χ1v) is 5.60. The van der Waals surface area contributed by atoms with Crippen LogP contribution in [0.1, 0.15) is 16.8 Å². The van der Waals surface area contributed by atoms with E-state index in [2.05, 4.69) is 11.1 Å². The molecule has 3 nitrogen and oxygen atoms in total. The van der Waals surface area contributed by atoms with Gasteiger partial charge in [-0.1, -0.05) is 17.7 Å². The molecule has 0 unspecified atom stereocenters. The molecule has 0 aliphatic carbocycles. The lowest BCUT2D eigenvalue weighted by Gasteiger charge is -2.11. The Labute approximate surface area is 105 Å². The molecule has 17 heavy (non-hydrogen) atoms. The van der Waals surface area contributed by atoms with Crippen LogP contribution in [0.4, 0.5) is 0 Å². The third-order valence-electron chi connectivity index (χ3n) is 2.63. The molecule has 1 aromatic heterocycles. The highest BCUT2D eigenvalue weighted by Gasteiger charge is 2.06. The van der Waals surface area contributed by atoms with Crippen LogP contribution in [0.3, 0.4) is 0 Å². The first kappa shape index (κ1) is 11.5. The second-order valence-corrected chi connectivity index (χ2v) is 4.19. The Balaban J connectivity index is 2.71. The molecule has 0 bridgehead atoms. The van der Waals surface area contributed by atoms with Crippen molar-refractivity contribution >= 4 is 12.2 Å². The van der Waals surface area contributed by atoms with Gasteiger partial charge in [-0.2, -0.15) is 5.26 Å². The molecule has 0 radical (unpaired) electrons. The molecule has 1 heterocycles. The molecule has 0 N–H and O–H groups in total. The Morgan fingerprint density at radius 1 is 1.24 bits per heavy atom. The van der Waals surface area contributed by atoms with Gasteiger partial charge < -0.3 is 0 Å². The summed E-state index contributed by atoms with van der Waals surface area (Å²) in [6.07, 6.45) is 1.52. The van der Waals surface area contributed by atoms with Gasteiger partial charge in [0.25, 0.3) is 0 Å². The van der Waals surface area contributed by atoms with Gasteiger partial charge in [0.1, 0.15) is 6.07 Å². The Bertz CT molecular complexity index is 648. The summed E-state index contributed by atoms with van der Waals surface area (Å²) < 4.78 is 2.28. The average Bonchev–Trinajstić information content (AvgIpc) is 2.32. The highest BCUT2D eigenvalue weighted by atomic mass is 32.1. The van der Waals surface area contributed by atoms with Gasteiger partial charge in [0.2, 0.25) is 4.77 Å². The third-order valence-corrected chi connectivity index (χ3v) is 2.92. The lowest BCUT2D eigenvalue weighted by atomic mass is 10.2. The van der Waals surface area contributed by atoms with Crippen LogP contribution in [0.5, 0.6) is 0 Å². The lowest BCUT2D eigenvalue weighted by molar-refractivity contribution is 0.900. The normalized spacial score (nSPS) is 9.94. The van der Waals surface area contributed by atoms with E-state index in [0.29, 0.717) is 10.3 Å². The highest BCUT2D eigenvalue weighted by Crippen LogP contribution is 2.14. The van der Waals surface area contributed by atoms with E-state index in [1.54, 1.807) is 0 Å². The van der Waals surface area contributed by atoms with Crippen molar-refractivity contribution in [3.8, 4) is 11.8 Å². The third kappa shape index (κ3) is 2.10. The summed E-state index contributed by atoms with van der Waals surface area (Å²) in [5, 5.41) is 8.99. The Morgan fingerprint density at radius 2 is 1.88 bits per heavy atom. The Hall–Kier alpha value is -1.99. The molecule has 0 aliphatic heterocycles. The van der Waals surface area contributed by atoms with Gasteiger partial charge in [0, 0.05) is 17.6 Å². The summed E-state index contributed by atoms with van der Waals surface area (Å²) in [5.74, 6) is 0. The average molecular weight is 241 g/mol. The van der Waals surface area contributed by atoms with Crippen molar-refractivity contribution in [3.05, 3.63) is 52.1 Å². The second-order valence-electron chi connectivity index (χ2n) is 3.82. The number of nitrogens with zero attached hydrogens (tertiary/aromatic N) is 3. The predicted molar refractivity (Wildman–Crippen MR) is 68.6 cm³/mol. The van der Waals surface area contributed by atoms with Crippen LogP contribution < -0.4 is 0 Å². The molecule has 2 aromatic rings. The fourth-order valence-corrected chi connectivity index (χ4v) is 1.94. The van der Waals surface area contributed by atoms with Gasteiger partial charge in [-0.15, -0.1) is 0 Å². The summed E-state index contributed by atoms with van der Waals surface area (Å²) in [4.78, 5) is 4.06. The maximum atomic E-state index is 8.99. The predicted octanol–water partition coefficient (Wildman–Crippen LogP) is 3.09. The van der Waals surface area contributed by atoms with Crippen molar-refractivity contribution in [1.82, 2.24) is 9.55 Å². The van der Waals surface area contributed by atoms with Crippen molar-refractivity contribution in [2.24, 2.45) is 0 Å². The van der Waals surface area contributed by atoms with Gasteiger partial charge in [0.05, 0.1) is 5.56 Å². The smallest absolute Gasteiger partial charge is 0.204 e. The summed E-state index contributed by atoms with van der Waals surface area (Å²) in [6.45, 7) is 3.90. The molecule has 0 atom stereocenters. The van der Waals surface area contributed by atoms with Crippen molar-refractivity contribution in [2.45, 2.75) is 13.8 Å². The highest BCUT2D eigenvalue weighted by molar-refractivity contribution is 7.71. The van der Waals surface area contributed by atoms with Crippen LogP contribution in [-0.4, -0.2) is 9.55 Å². The number of rotatable bonds is 1. The molecule has 0 amide bonds. The minimum Gasteiger partial charge on any atom is -0.289 e. The standard InChI is InChI=1S/C13H11N3S/c1-9-3-5-12(6-4-9)16-10(2)11(7-14)8-15-13(16)17/h3-6,8H,1-2H3. The molecule has 0 aliphatic rings. The number of hydrogen-bond acceptors (Lipinski definition) is 3. The molecule has 1 aromatic carbocycles. The number of hydrogen-bond donors (Lipinski definition) is 0. The van der Waals surface area contributed by atoms with Crippen LogP contribution in [0.15, 0.2) is 30.5 Å². The first-order valence-electron chi connectivity index (χ1n) is 5.19. The van der Waals surface area contributed by atoms with E-state index in [1.807, 2.05) is 42.7 Å². The number of aryl methyl sites for hydroxylation is 1. The Kier molecular flexibility index (Phi) is 3.03. The van der Waals surface area contributed by atoms with E-state index in [4.69, 9.17) is 17.5 Å². The van der Waals surface area contributed by atoms with Crippen LogP contribution in [0.2, 0.25) is 0 Å². The zero-order valence-corrected chi connectivity index (χ0v) is 10.5. The van der Waals surface area contributed by atoms with Crippen LogP contribution in [0.25, 0.3) is 5.69 Å². The zero-order chi connectivity index (χ0) is 12.4. The molecule has 0 spiro atoms. The molecule has 2 rings (SSSR count). The van der Waals surface area contributed by atoms with Gasteiger partial charge in [-0.05, 0) is 38.2 Å². The van der Waals surface area contributed by atoms with Crippen LogP contribution in [-0.2, 0) is 0 Å². The van der Waals surface area contributed by atoms with Crippen molar-refractivity contribution in [3.63, 3.8) is 0 Å². The largest absolute Gasteiger partial charge is 0.289 e. The molecule has 84 valence electrons. The summed E-state index contributed by atoms with van der Waals surface area (Å²) >= 11 is 5.20. The molecule has 0 saturated heterocycles. The maximum absolute atomic E-state index is 8.99. The van der Waals surface area contributed by atoms with Gasteiger partial charge in [-0.25, -0.2) is 4.98 Å². The van der Waals surface area contributed by atoms with Crippen LogP contribution in [0, 0.1) is 29.9 Å². The molecular weight excluding hydrogens is 230 g/mol. The van der Waals surface area contributed by atoms with Gasteiger partial charge in [-0.3, -0.25) is 4.57 Å². The lowest BCUT2D eigenvalue weighted by Crippen LogP contribution is -2.05. The SMILES string of the molecule is Cc1ccc(-n2c(C)c(C#N)cnc2=S)cc1. The zero-order valence-electron chi connectivity index (χ0n) is 9.64. The van der Waals surface area contributed by atoms with Crippen LogP contribution >= 0.6 is 12.2 Å². The van der Waals surface area contributed by atoms with E-state index in [0.717, 1.165) is 11.4 Å². The van der Waals surface area contributed by atoms with Gasteiger partial charge >= 0.3 is 0 Å². The monoisotopic (exact) mass is 241 g/mol. The van der Waals surface area contributed by atoms with E-state index in [1.165, 1.54) is 11.8 Å². The van der Waals surface area contributed by atoms with E-state index in [9.17, 15) is 0 Å². The van der Waals surface area contributed by atoms with Crippen molar-refractivity contribution in [1.29, 1.82) is 5.26 Å². The van der Waals surface area contributed by atoms with Gasteiger partial charge in [0.15, 0.2) is 0 Å². The minimum absolute atomic E-state index is 0.463. The molecule has 4 heteroatoms. The fraction of sp³-hybridized carbons (Fsp3) is 0.154. The Morgan fingerprint density at radius 3 is 2.47 bits per heavy atom. The summed E-state index contributed by atoms with van der Waals surface area (Å²) in [5.41, 5.74) is 3.47. The molecular formula is C13H11N3S. The summed E-state index contributed by atoms with van der Waals surface area (Å²) in [7, 11) is 0.